The van der Waals surface area contributed by atoms with E-state index in [1.54, 1.807) is 0 Å². The Kier molecular flexibility index (Phi) is 11.1. The Labute approximate surface area is 318 Å². The molecule has 3 atom stereocenters. The van der Waals surface area contributed by atoms with E-state index in [-0.39, 0.29) is 31.3 Å². The summed E-state index contributed by atoms with van der Waals surface area (Å²) >= 11 is 17.1. The van der Waals surface area contributed by atoms with Gasteiger partial charge in [-0.25, -0.2) is 0 Å². The summed E-state index contributed by atoms with van der Waals surface area (Å²) in [5.41, 5.74) is 6.12. The second kappa shape index (κ2) is 15.7. The second-order valence-electron chi connectivity index (χ2n) is 13.6. The molecule has 0 bridgehead atoms. The van der Waals surface area contributed by atoms with E-state index in [0.717, 1.165) is 65.0 Å². The van der Waals surface area contributed by atoms with Gasteiger partial charge >= 0.3 is 0 Å². The highest BCUT2D eigenvalue weighted by Gasteiger charge is 2.50. The van der Waals surface area contributed by atoms with Crippen LogP contribution in [0.25, 0.3) is 11.1 Å². The lowest BCUT2D eigenvalue weighted by molar-refractivity contribution is -0.253. The van der Waals surface area contributed by atoms with Crippen LogP contribution in [0.4, 0.5) is 5.69 Å². The average Bonchev–Trinajstić information content (AvgIpc) is 3.49. The zero-order valence-electron chi connectivity index (χ0n) is 28.5. The molecule has 3 aliphatic heterocycles. The van der Waals surface area contributed by atoms with Gasteiger partial charge in [0.25, 0.3) is 9.70 Å². The first-order chi connectivity index (χ1) is 25.1. The first kappa shape index (κ1) is 36.7. The topological polar surface area (TPSA) is 103 Å². The van der Waals surface area contributed by atoms with E-state index in [1.165, 1.54) is 0 Å². The summed E-state index contributed by atoms with van der Waals surface area (Å²) < 4.78 is 11.3. The van der Waals surface area contributed by atoms with Crippen molar-refractivity contribution in [3.05, 3.63) is 125 Å². The SMILES string of the molecule is O=C(NCc1cccc(-c2ccc([C@@H]3O[C@H](CN4CCC5(CC4)C(=O)NCN5c4ccccc4)C[C@H](c4ccc(CO)cc4)O3)cc2)c1)C(Cl)(Cl)Cl. The molecule has 0 unspecified atom stereocenters. The molecular weight excluding hydrogens is 723 g/mol. The van der Waals surface area contributed by atoms with Gasteiger partial charge in [-0.15, -0.1) is 0 Å². The number of amides is 2. The number of aliphatic hydroxyl groups is 1. The number of hydrogen-bond acceptors (Lipinski definition) is 7. The molecule has 3 N–H and O–H groups in total. The summed E-state index contributed by atoms with van der Waals surface area (Å²) in [5, 5.41) is 15.4. The Hall–Kier alpha value is -3.67. The predicted molar refractivity (Wildman–Crippen MR) is 203 cm³/mol. The fraction of sp³-hybridized carbons (Fsp3) is 0.350. The van der Waals surface area contributed by atoms with Crippen molar-refractivity contribution in [2.45, 2.75) is 60.2 Å². The second-order valence-corrected chi connectivity index (χ2v) is 15.9. The highest BCUT2D eigenvalue weighted by atomic mass is 35.6. The number of halogens is 3. The summed E-state index contributed by atoms with van der Waals surface area (Å²) in [6, 6.07) is 34.0. The smallest absolute Gasteiger partial charge is 0.272 e. The maximum absolute atomic E-state index is 13.2. The van der Waals surface area contributed by atoms with E-state index in [0.29, 0.717) is 19.6 Å². The molecule has 4 aromatic rings. The summed E-state index contributed by atoms with van der Waals surface area (Å²) in [4.78, 5) is 29.9. The molecule has 0 radical (unpaired) electrons. The minimum Gasteiger partial charge on any atom is -0.392 e. The summed E-state index contributed by atoms with van der Waals surface area (Å²) in [6.45, 7) is 2.99. The number of likely N-dealkylation sites (tertiary alicyclic amines) is 1. The van der Waals surface area contributed by atoms with E-state index in [9.17, 15) is 14.7 Å². The molecule has 0 aliphatic carbocycles. The third kappa shape index (κ3) is 8.11. The van der Waals surface area contributed by atoms with E-state index >= 15 is 0 Å². The van der Waals surface area contributed by atoms with E-state index in [1.807, 2.05) is 91.0 Å². The molecule has 12 heteroatoms. The van der Waals surface area contributed by atoms with Crippen molar-refractivity contribution >= 4 is 52.3 Å². The fourth-order valence-electron chi connectivity index (χ4n) is 7.44. The monoisotopic (exact) mass is 762 g/mol. The number of para-hydroxylation sites is 1. The molecule has 4 aromatic carbocycles. The van der Waals surface area contributed by atoms with Crippen LogP contribution in [0.3, 0.4) is 0 Å². The number of rotatable bonds is 9. The highest BCUT2D eigenvalue weighted by Crippen LogP contribution is 2.40. The number of alkyl halides is 3. The molecule has 52 heavy (non-hydrogen) atoms. The van der Waals surface area contributed by atoms with Crippen molar-refractivity contribution in [3.8, 4) is 11.1 Å². The Morgan fingerprint density at radius 1 is 0.865 bits per heavy atom. The van der Waals surface area contributed by atoms with Crippen molar-refractivity contribution in [3.63, 3.8) is 0 Å². The molecule has 0 aromatic heterocycles. The number of carbonyl (C=O) groups excluding carboxylic acids is 2. The van der Waals surface area contributed by atoms with Crippen LogP contribution in [0, 0.1) is 0 Å². The van der Waals surface area contributed by atoms with Crippen molar-refractivity contribution in [1.82, 2.24) is 15.5 Å². The standard InChI is InChI=1S/C40H41Cl3N4O5/c41-40(42,43)38(50)44-23-28-5-4-6-32(21-28)29-13-15-31(16-14-29)36-51-34(22-35(52-36)30-11-9-27(25-48)10-12-30)24-46-19-17-39(18-20-46)37(49)45-26-47(39)33-7-2-1-3-8-33/h1-16,21,34-36,48H,17-20,22-26H2,(H,44,50)(H,45,49)/t34-,35+,36+/m0/s1. The van der Waals surface area contributed by atoms with Gasteiger partial charge in [0.15, 0.2) is 6.29 Å². The number of piperidine rings is 1. The average molecular weight is 764 g/mol. The van der Waals surface area contributed by atoms with Gasteiger partial charge < -0.3 is 35.0 Å². The van der Waals surface area contributed by atoms with Crippen LogP contribution in [0.1, 0.15) is 53.9 Å². The normalized spacial score (nSPS) is 22.0. The molecule has 2 amide bonds. The van der Waals surface area contributed by atoms with Gasteiger partial charge in [0, 0.05) is 43.9 Å². The van der Waals surface area contributed by atoms with Crippen LogP contribution < -0.4 is 15.5 Å². The minimum absolute atomic E-state index is 0.0187. The zero-order valence-corrected chi connectivity index (χ0v) is 30.8. The molecule has 3 fully saturated rings. The third-order valence-corrected chi connectivity index (χ3v) is 10.8. The van der Waals surface area contributed by atoms with Crippen LogP contribution in [0.2, 0.25) is 0 Å². The van der Waals surface area contributed by atoms with Gasteiger partial charge in [-0.1, -0.05) is 120 Å². The molecule has 3 heterocycles. The van der Waals surface area contributed by atoms with Crippen molar-refractivity contribution in [2.24, 2.45) is 0 Å². The van der Waals surface area contributed by atoms with Crippen molar-refractivity contribution in [1.29, 1.82) is 0 Å². The molecule has 7 rings (SSSR count). The van der Waals surface area contributed by atoms with Crippen LogP contribution in [-0.4, -0.2) is 63.6 Å². The lowest BCUT2D eigenvalue weighted by Crippen LogP contribution is -2.57. The molecular formula is C40H41Cl3N4O5. The van der Waals surface area contributed by atoms with Crippen LogP contribution >= 0.6 is 34.8 Å². The summed E-state index contributed by atoms with van der Waals surface area (Å²) in [6.07, 6.45) is 1.22. The molecule has 1 spiro atoms. The molecule has 3 aliphatic rings. The lowest BCUT2D eigenvalue weighted by Gasteiger charge is -2.45. The van der Waals surface area contributed by atoms with Crippen LogP contribution in [0.5, 0.6) is 0 Å². The van der Waals surface area contributed by atoms with Gasteiger partial charge in [0.2, 0.25) is 5.91 Å². The van der Waals surface area contributed by atoms with E-state index in [4.69, 9.17) is 44.3 Å². The fourth-order valence-corrected chi connectivity index (χ4v) is 7.64. The third-order valence-electron chi connectivity index (χ3n) is 10.3. The van der Waals surface area contributed by atoms with Gasteiger partial charge in [-0.05, 0) is 58.9 Å². The maximum atomic E-state index is 13.2. The summed E-state index contributed by atoms with van der Waals surface area (Å²) in [5.74, 6) is -0.576. The largest absolute Gasteiger partial charge is 0.392 e. The number of carbonyl (C=O) groups is 2. The number of hydrogen-bond donors (Lipinski definition) is 3. The number of nitrogens with one attached hydrogen (secondary N) is 2. The lowest BCUT2D eigenvalue weighted by atomic mass is 9.85. The van der Waals surface area contributed by atoms with Gasteiger partial charge in [0.05, 0.1) is 25.5 Å². The number of benzene rings is 4. The number of ether oxygens (including phenoxy) is 2. The zero-order chi connectivity index (χ0) is 36.3. The van der Waals surface area contributed by atoms with Crippen LogP contribution in [-0.2, 0) is 32.2 Å². The van der Waals surface area contributed by atoms with Crippen molar-refractivity contribution < 1.29 is 24.2 Å². The first-order valence-electron chi connectivity index (χ1n) is 17.5. The maximum Gasteiger partial charge on any atom is 0.272 e. The van der Waals surface area contributed by atoms with Gasteiger partial charge in [-0.3, -0.25) is 9.59 Å². The Balaban J connectivity index is 1.05. The minimum atomic E-state index is -2.02. The Bertz CT molecular complexity index is 1850. The Morgan fingerprint density at radius 3 is 2.27 bits per heavy atom. The first-order valence-corrected chi connectivity index (χ1v) is 18.6. The Morgan fingerprint density at radius 2 is 1.58 bits per heavy atom. The van der Waals surface area contributed by atoms with Gasteiger partial charge in [-0.2, -0.15) is 0 Å². The highest BCUT2D eigenvalue weighted by molar-refractivity contribution is 6.76. The predicted octanol–water partition coefficient (Wildman–Crippen LogP) is 6.81. The molecule has 0 saturated carbocycles. The molecule has 9 nitrogen and oxygen atoms in total. The summed E-state index contributed by atoms with van der Waals surface area (Å²) in [7, 11) is 0. The quantitative estimate of drug-likeness (QED) is 0.161. The molecule has 272 valence electrons. The number of anilines is 1. The van der Waals surface area contributed by atoms with E-state index in [2.05, 4.69) is 32.6 Å². The van der Waals surface area contributed by atoms with Gasteiger partial charge in [0.1, 0.15) is 5.54 Å². The van der Waals surface area contributed by atoms with Crippen molar-refractivity contribution in [2.75, 3.05) is 31.2 Å². The number of aliphatic hydroxyl groups excluding tert-OH is 1. The van der Waals surface area contributed by atoms with E-state index < -0.39 is 21.5 Å². The number of nitrogens with zero attached hydrogens (tertiary/aromatic N) is 2. The molecule has 3 saturated heterocycles. The van der Waals surface area contributed by atoms with Crippen LogP contribution in [0.15, 0.2) is 103 Å².